The molecule has 1 aliphatic carbocycles. The van der Waals surface area contributed by atoms with Crippen LogP contribution in [0.2, 0.25) is 0 Å². The molecule has 0 aromatic carbocycles. The number of thioether (sulfide) groups is 1. The van der Waals surface area contributed by atoms with E-state index in [-0.39, 0.29) is 12.2 Å². The van der Waals surface area contributed by atoms with Crippen LogP contribution in [-0.2, 0) is 18.9 Å². The van der Waals surface area contributed by atoms with E-state index in [4.69, 9.17) is 18.9 Å². The van der Waals surface area contributed by atoms with Crippen LogP contribution in [0.1, 0.15) is 52.9 Å². The highest BCUT2D eigenvalue weighted by Gasteiger charge is 2.23. The van der Waals surface area contributed by atoms with Crippen molar-refractivity contribution in [1.82, 2.24) is 5.32 Å². The molecule has 0 aromatic rings. The van der Waals surface area contributed by atoms with Gasteiger partial charge in [0.1, 0.15) is 6.10 Å². The van der Waals surface area contributed by atoms with E-state index in [1.165, 1.54) is 0 Å². The second-order valence-corrected chi connectivity index (χ2v) is 6.94. The number of alkyl carbamates (subject to hydrolysis) is 1. The fraction of sp³-hybridized carbons (Fsp3) is 0.947. The Labute approximate surface area is 164 Å². The van der Waals surface area contributed by atoms with Gasteiger partial charge in [0.05, 0.1) is 33.0 Å². The maximum atomic E-state index is 11.7. The van der Waals surface area contributed by atoms with E-state index >= 15 is 0 Å². The lowest BCUT2D eigenvalue weighted by molar-refractivity contribution is 0.0147. The van der Waals surface area contributed by atoms with Gasteiger partial charge in [-0.05, 0) is 38.4 Å². The molecule has 0 bridgehead atoms. The minimum atomic E-state index is -0.337. The largest absolute Gasteiger partial charge is 0.446 e. The first kappa shape index (κ1) is 25.5. The fourth-order valence-corrected chi connectivity index (χ4v) is 3.23. The Balaban J connectivity index is 0.00000301. The molecule has 1 N–H and O–H groups in total. The molecule has 26 heavy (non-hydrogen) atoms. The van der Waals surface area contributed by atoms with Crippen molar-refractivity contribution in [3.8, 4) is 0 Å². The smallest absolute Gasteiger partial charge is 0.407 e. The number of carbonyl (C=O) groups is 1. The summed E-state index contributed by atoms with van der Waals surface area (Å²) in [6.07, 6.45) is 7.09. The summed E-state index contributed by atoms with van der Waals surface area (Å²) in [7, 11) is 0. The van der Waals surface area contributed by atoms with Gasteiger partial charge in [0, 0.05) is 18.4 Å². The van der Waals surface area contributed by atoms with Crippen LogP contribution in [0.5, 0.6) is 0 Å². The zero-order chi connectivity index (χ0) is 19.5. The number of ether oxygens (including phenoxy) is 4. The Kier molecular flexibility index (Phi) is 18.9. The van der Waals surface area contributed by atoms with Crippen molar-refractivity contribution in [3.05, 3.63) is 0 Å². The molecule has 156 valence electrons. The van der Waals surface area contributed by atoms with Crippen molar-refractivity contribution in [1.29, 1.82) is 0 Å². The van der Waals surface area contributed by atoms with Crippen molar-refractivity contribution in [2.24, 2.45) is 0 Å². The lowest BCUT2D eigenvalue weighted by Gasteiger charge is -2.27. The normalized spacial score (nSPS) is 19.4. The van der Waals surface area contributed by atoms with Gasteiger partial charge in [-0.1, -0.05) is 20.8 Å². The minimum absolute atomic E-state index is 0.0673. The molecular formula is C19H39NO5S. The highest BCUT2D eigenvalue weighted by Crippen LogP contribution is 2.28. The van der Waals surface area contributed by atoms with Gasteiger partial charge in [-0.25, -0.2) is 4.79 Å². The van der Waals surface area contributed by atoms with Crippen LogP contribution in [0.15, 0.2) is 0 Å². The quantitative estimate of drug-likeness (QED) is 0.479. The molecule has 0 radical (unpaired) electrons. The highest BCUT2D eigenvalue weighted by molar-refractivity contribution is 7.99. The van der Waals surface area contributed by atoms with Gasteiger partial charge in [-0.15, -0.1) is 0 Å². The van der Waals surface area contributed by atoms with Crippen LogP contribution >= 0.6 is 11.8 Å². The summed E-state index contributed by atoms with van der Waals surface area (Å²) in [6.45, 7) is 10.0. The summed E-state index contributed by atoms with van der Waals surface area (Å²) in [6, 6.07) is 0. The number of hydrogen-bond donors (Lipinski definition) is 1. The summed E-state index contributed by atoms with van der Waals surface area (Å²) >= 11 is 1.91. The monoisotopic (exact) mass is 393 g/mol. The second-order valence-electron chi connectivity index (χ2n) is 5.80. The molecule has 1 rings (SSSR count). The average Bonchev–Trinajstić information content (AvgIpc) is 2.68. The van der Waals surface area contributed by atoms with Crippen LogP contribution in [0, 0.1) is 0 Å². The molecule has 0 saturated heterocycles. The third-order valence-corrected chi connectivity index (χ3v) is 4.97. The molecular weight excluding hydrogens is 354 g/mol. The first-order valence-electron chi connectivity index (χ1n) is 9.96. The van der Waals surface area contributed by atoms with Gasteiger partial charge in [0.2, 0.25) is 0 Å². The third kappa shape index (κ3) is 14.6. The summed E-state index contributed by atoms with van der Waals surface area (Å²) in [5.41, 5.74) is 0. The van der Waals surface area contributed by atoms with Gasteiger partial charge < -0.3 is 24.3 Å². The molecule has 1 saturated carbocycles. The number of rotatable bonds is 13. The fourth-order valence-electron chi connectivity index (χ4n) is 2.49. The van der Waals surface area contributed by atoms with Crippen LogP contribution < -0.4 is 5.32 Å². The number of hydrogen-bond acceptors (Lipinski definition) is 6. The minimum Gasteiger partial charge on any atom is -0.446 e. The average molecular weight is 394 g/mol. The molecule has 0 unspecified atom stereocenters. The summed E-state index contributed by atoms with van der Waals surface area (Å²) in [4.78, 5) is 11.7. The number of amides is 1. The van der Waals surface area contributed by atoms with E-state index < -0.39 is 0 Å². The van der Waals surface area contributed by atoms with E-state index in [9.17, 15) is 4.79 Å². The third-order valence-electron chi connectivity index (χ3n) is 3.84. The van der Waals surface area contributed by atoms with Gasteiger partial charge in [0.25, 0.3) is 0 Å². The maximum absolute atomic E-state index is 11.7. The SMILES string of the molecule is CC.CCCOCCOCCOCCNC(=O)OC1CCC(SC)CC1. The van der Waals surface area contributed by atoms with Gasteiger partial charge >= 0.3 is 6.09 Å². The molecule has 0 spiro atoms. The lowest BCUT2D eigenvalue weighted by Crippen LogP contribution is -2.33. The molecule has 1 amide bonds. The second kappa shape index (κ2) is 19.3. The van der Waals surface area contributed by atoms with E-state index in [0.29, 0.717) is 39.6 Å². The Hall–Kier alpha value is -0.500. The van der Waals surface area contributed by atoms with Crippen molar-refractivity contribution >= 4 is 17.9 Å². The van der Waals surface area contributed by atoms with Crippen LogP contribution in [0.4, 0.5) is 4.79 Å². The Morgan fingerprint density at radius 1 is 0.923 bits per heavy atom. The highest BCUT2D eigenvalue weighted by atomic mass is 32.2. The topological polar surface area (TPSA) is 66.0 Å². The summed E-state index contributed by atoms with van der Waals surface area (Å²) < 4.78 is 21.5. The molecule has 0 heterocycles. The van der Waals surface area contributed by atoms with Crippen LogP contribution in [-0.4, -0.2) is 69.9 Å². The Bertz CT molecular complexity index is 312. The van der Waals surface area contributed by atoms with Crippen molar-refractivity contribution in [2.75, 3.05) is 52.4 Å². The van der Waals surface area contributed by atoms with Crippen molar-refractivity contribution in [3.63, 3.8) is 0 Å². The molecule has 0 aliphatic heterocycles. The zero-order valence-electron chi connectivity index (χ0n) is 17.1. The van der Waals surface area contributed by atoms with Gasteiger partial charge in [0.15, 0.2) is 0 Å². The number of carbonyl (C=O) groups excluding carboxylic acids is 1. The van der Waals surface area contributed by atoms with Gasteiger partial charge in [-0.2, -0.15) is 11.8 Å². The molecule has 1 fully saturated rings. The van der Waals surface area contributed by atoms with E-state index in [1.54, 1.807) is 0 Å². The van der Waals surface area contributed by atoms with Crippen molar-refractivity contribution in [2.45, 2.75) is 64.2 Å². The number of nitrogens with one attached hydrogen (secondary N) is 1. The molecule has 0 atom stereocenters. The Morgan fingerprint density at radius 3 is 2.00 bits per heavy atom. The zero-order valence-corrected chi connectivity index (χ0v) is 17.9. The first-order chi connectivity index (χ1) is 12.8. The molecule has 1 aliphatic rings. The molecule has 0 aromatic heterocycles. The Morgan fingerprint density at radius 2 is 1.46 bits per heavy atom. The maximum Gasteiger partial charge on any atom is 0.407 e. The van der Waals surface area contributed by atoms with E-state index in [2.05, 4.69) is 18.5 Å². The lowest BCUT2D eigenvalue weighted by atomic mass is 9.97. The standard InChI is InChI=1S/C17H33NO5S.C2H6/c1-3-9-20-11-13-22-14-12-21-10-8-18-17(19)23-15-4-6-16(24-2)7-5-15;1-2/h15-16H,3-14H2,1-2H3,(H,18,19);1-2H3. The van der Waals surface area contributed by atoms with Crippen molar-refractivity contribution < 1.29 is 23.7 Å². The predicted octanol–water partition coefficient (Wildman–Crippen LogP) is 3.87. The predicted molar refractivity (Wildman–Crippen MR) is 108 cm³/mol. The first-order valence-corrected chi connectivity index (χ1v) is 11.3. The molecule has 7 heteroatoms. The van der Waals surface area contributed by atoms with Crippen LogP contribution in [0.3, 0.4) is 0 Å². The van der Waals surface area contributed by atoms with E-state index in [0.717, 1.165) is 44.0 Å². The van der Waals surface area contributed by atoms with E-state index in [1.807, 2.05) is 25.6 Å². The summed E-state index contributed by atoms with van der Waals surface area (Å²) in [5.74, 6) is 0. The summed E-state index contributed by atoms with van der Waals surface area (Å²) in [5, 5.41) is 3.45. The molecule has 6 nitrogen and oxygen atoms in total. The van der Waals surface area contributed by atoms with Crippen LogP contribution in [0.25, 0.3) is 0 Å². The van der Waals surface area contributed by atoms with Gasteiger partial charge in [-0.3, -0.25) is 0 Å².